The zero-order chi connectivity index (χ0) is 12.1. The Morgan fingerprint density at radius 2 is 2.29 bits per heavy atom. The number of benzene rings is 1. The van der Waals surface area contributed by atoms with E-state index in [2.05, 4.69) is 25.9 Å². The van der Waals surface area contributed by atoms with Crippen LogP contribution in [0, 0.1) is 11.3 Å². The molecule has 0 bridgehead atoms. The van der Waals surface area contributed by atoms with Gasteiger partial charge in [-0.15, -0.1) is 10.2 Å². The quantitative estimate of drug-likeness (QED) is 0.783. The molecule has 17 heavy (non-hydrogen) atoms. The molecule has 0 unspecified atom stereocenters. The Balaban J connectivity index is 2.06. The van der Waals surface area contributed by atoms with Crippen LogP contribution in [0.25, 0.3) is 0 Å². The smallest absolute Gasteiger partial charge is 0.232 e. The molecule has 84 valence electrons. The molecule has 7 heteroatoms. The number of nitriles is 1. The monoisotopic (exact) mass is 228 g/mol. The maximum absolute atomic E-state index is 11.6. The first-order valence-corrected chi connectivity index (χ1v) is 4.81. The first kappa shape index (κ1) is 10.8. The normalized spacial score (nSPS) is 9.59. The average molecular weight is 228 g/mol. The minimum absolute atomic E-state index is 0.0102. The maximum atomic E-state index is 11.6. The molecule has 7 nitrogen and oxygen atoms in total. The zero-order valence-electron chi connectivity index (χ0n) is 8.71. The van der Waals surface area contributed by atoms with Crippen molar-refractivity contribution in [1.82, 2.24) is 20.6 Å². The summed E-state index contributed by atoms with van der Waals surface area (Å²) < 4.78 is 0. The van der Waals surface area contributed by atoms with Gasteiger partial charge < -0.3 is 5.32 Å². The number of aromatic amines is 1. The molecule has 0 spiro atoms. The van der Waals surface area contributed by atoms with E-state index in [1.165, 1.54) is 0 Å². The van der Waals surface area contributed by atoms with Crippen molar-refractivity contribution in [2.24, 2.45) is 0 Å². The van der Waals surface area contributed by atoms with Gasteiger partial charge in [0.25, 0.3) is 0 Å². The number of para-hydroxylation sites is 1. The van der Waals surface area contributed by atoms with Crippen molar-refractivity contribution in [3.8, 4) is 6.07 Å². The van der Waals surface area contributed by atoms with Gasteiger partial charge in [0.05, 0.1) is 17.7 Å². The third-order valence-corrected chi connectivity index (χ3v) is 2.03. The fourth-order valence-corrected chi connectivity index (χ4v) is 1.29. The molecule has 1 amide bonds. The molecule has 0 aliphatic carbocycles. The van der Waals surface area contributed by atoms with E-state index in [-0.39, 0.29) is 12.3 Å². The predicted octanol–water partition coefficient (Wildman–Crippen LogP) is 0.253. The number of nitrogens with one attached hydrogen (secondary N) is 2. The number of carbonyl (C=O) groups is 1. The summed E-state index contributed by atoms with van der Waals surface area (Å²) >= 11 is 0. The van der Waals surface area contributed by atoms with E-state index in [9.17, 15) is 4.79 Å². The fraction of sp³-hybridized carbons (Fsp3) is 0.100. The van der Waals surface area contributed by atoms with Crippen LogP contribution in [0.2, 0.25) is 0 Å². The Hall–Kier alpha value is -2.75. The maximum Gasteiger partial charge on any atom is 0.232 e. The van der Waals surface area contributed by atoms with Crippen molar-refractivity contribution in [3.05, 3.63) is 35.7 Å². The lowest BCUT2D eigenvalue weighted by atomic mass is 10.2. The molecule has 1 aromatic heterocycles. The Bertz CT molecular complexity index is 556. The van der Waals surface area contributed by atoms with Gasteiger partial charge in [0.2, 0.25) is 5.91 Å². The van der Waals surface area contributed by atoms with Gasteiger partial charge >= 0.3 is 0 Å². The molecule has 2 rings (SSSR count). The van der Waals surface area contributed by atoms with E-state index in [0.29, 0.717) is 17.1 Å². The van der Waals surface area contributed by atoms with Gasteiger partial charge in [0.15, 0.2) is 5.82 Å². The number of H-pyrrole nitrogens is 1. The predicted molar refractivity (Wildman–Crippen MR) is 57.7 cm³/mol. The number of nitrogens with zero attached hydrogens (tertiary/aromatic N) is 4. The number of hydrogen-bond acceptors (Lipinski definition) is 5. The fourth-order valence-electron chi connectivity index (χ4n) is 1.29. The number of rotatable bonds is 3. The topological polar surface area (TPSA) is 107 Å². The Kier molecular flexibility index (Phi) is 3.07. The zero-order valence-corrected chi connectivity index (χ0v) is 8.71. The van der Waals surface area contributed by atoms with Crippen molar-refractivity contribution in [2.45, 2.75) is 6.42 Å². The minimum atomic E-state index is -0.297. The van der Waals surface area contributed by atoms with Crippen molar-refractivity contribution in [2.75, 3.05) is 5.32 Å². The van der Waals surface area contributed by atoms with Gasteiger partial charge in [-0.2, -0.15) is 10.5 Å². The third-order valence-electron chi connectivity index (χ3n) is 2.03. The van der Waals surface area contributed by atoms with Crippen molar-refractivity contribution < 1.29 is 4.79 Å². The van der Waals surface area contributed by atoms with Crippen LogP contribution in [-0.2, 0) is 11.2 Å². The molecule has 2 aromatic rings. The van der Waals surface area contributed by atoms with E-state index < -0.39 is 0 Å². The van der Waals surface area contributed by atoms with E-state index >= 15 is 0 Å². The third kappa shape index (κ3) is 2.63. The van der Waals surface area contributed by atoms with E-state index in [0.717, 1.165) is 0 Å². The highest BCUT2D eigenvalue weighted by molar-refractivity contribution is 5.93. The number of aromatic nitrogens is 4. The van der Waals surface area contributed by atoms with Crippen molar-refractivity contribution in [1.29, 1.82) is 5.26 Å². The standard InChI is InChI=1S/C10H8N6O/c11-6-7-3-1-2-4-8(7)12-10(17)5-9-13-15-16-14-9/h1-4H,5H2,(H,12,17)(H,13,14,15,16). The van der Waals surface area contributed by atoms with E-state index in [1.54, 1.807) is 24.3 Å². The van der Waals surface area contributed by atoms with Crippen LogP contribution in [0.15, 0.2) is 24.3 Å². The van der Waals surface area contributed by atoms with Gasteiger partial charge in [-0.3, -0.25) is 4.79 Å². The molecule has 0 atom stereocenters. The van der Waals surface area contributed by atoms with Crippen LogP contribution >= 0.6 is 0 Å². The Labute approximate surface area is 96.5 Å². The van der Waals surface area contributed by atoms with Crippen molar-refractivity contribution in [3.63, 3.8) is 0 Å². The van der Waals surface area contributed by atoms with Gasteiger partial charge in [0.1, 0.15) is 6.07 Å². The summed E-state index contributed by atoms with van der Waals surface area (Å²) in [4.78, 5) is 11.6. The van der Waals surface area contributed by atoms with E-state index in [4.69, 9.17) is 5.26 Å². The second-order valence-corrected chi connectivity index (χ2v) is 3.21. The van der Waals surface area contributed by atoms with Gasteiger partial charge in [-0.1, -0.05) is 17.3 Å². The highest BCUT2D eigenvalue weighted by Crippen LogP contribution is 2.13. The Morgan fingerprint density at radius 1 is 1.47 bits per heavy atom. The minimum Gasteiger partial charge on any atom is -0.325 e. The van der Waals surface area contributed by atoms with Gasteiger partial charge in [-0.05, 0) is 12.1 Å². The molecule has 2 N–H and O–H groups in total. The second kappa shape index (κ2) is 4.85. The second-order valence-electron chi connectivity index (χ2n) is 3.21. The van der Waals surface area contributed by atoms with Crippen LogP contribution in [0.3, 0.4) is 0 Å². The molecular formula is C10H8N6O. The lowest BCUT2D eigenvalue weighted by molar-refractivity contribution is -0.115. The summed E-state index contributed by atoms with van der Waals surface area (Å²) in [5.41, 5.74) is 0.887. The summed E-state index contributed by atoms with van der Waals surface area (Å²) in [5, 5.41) is 24.4. The first-order chi connectivity index (χ1) is 8.29. The highest BCUT2D eigenvalue weighted by Gasteiger charge is 2.09. The number of anilines is 1. The summed E-state index contributed by atoms with van der Waals surface area (Å²) in [6, 6.07) is 8.75. The van der Waals surface area contributed by atoms with E-state index in [1.807, 2.05) is 6.07 Å². The summed E-state index contributed by atoms with van der Waals surface area (Å²) in [6.07, 6.45) is 0.0102. The molecule has 0 aliphatic rings. The largest absolute Gasteiger partial charge is 0.325 e. The first-order valence-electron chi connectivity index (χ1n) is 4.81. The molecule has 0 saturated carbocycles. The van der Waals surface area contributed by atoms with Crippen LogP contribution in [0.5, 0.6) is 0 Å². The number of hydrogen-bond donors (Lipinski definition) is 2. The highest BCUT2D eigenvalue weighted by atomic mass is 16.1. The Morgan fingerprint density at radius 3 is 3.00 bits per heavy atom. The summed E-state index contributed by atoms with van der Waals surface area (Å²) in [7, 11) is 0. The SMILES string of the molecule is N#Cc1ccccc1NC(=O)Cc1nn[nH]n1. The molecule has 1 aromatic carbocycles. The number of amides is 1. The van der Waals surface area contributed by atoms with Crippen LogP contribution in [0.1, 0.15) is 11.4 Å². The van der Waals surface area contributed by atoms with Crippen LogP contribution < -0.4 is 5.32 Å². The summed E-state index contributed by atoms with van der Waals surface area (Å²) in [6.45, 7) is 0. The van der Waals surface area contributed by atoms with Crippen LogP contribution in [-0.4, -0.2) is 26.5 Å². The molecule has 1 heterocycles. The van der Waals surface area contributed by atoms with Crippen molar-refractivity contribution >= 4 is 11.6 Å². The average Bonchev–Trinajstić information content (AvgIpc) is 2.82. The molecule has 0 saturated heterocycles. The molecule has 0 radical (unpaired) electrons. The number of carbonyl (C=O) groups excluding carboxylic acids is 1. The van der Waals surface area contributed by atoms with Gasteiger partial charge in [-0.25, -0.2) is 0 Å². The molecule has 0 aliphatic heterocycles. The van der Waals surface area contributed by atoms with Gasteiger partial charge in [0, 0.05) is 0 Å². The van der Waals surface area contributed by atoms with Crippen LogP contribution in [0.4, 0.5) is 5.69 Å². The molecular weight excluding hydrogens is 220 g/mol. The molecule has 0 fully saturated rings. The summed E-state index contributed by atoms with van der Waals surface area (Å²) in [5.74, 6) is 0.00559. The lowest BCUT2D eigenvalue weighted by Crippen LogP contribution is -2.16. The number of tetrazole rings is 1. The lowest BCUT2D eigenvalue weighted by Gasteiger charge is -2.04.